The SMILES string of the molecule is COc1ccc(Cn2cc3nc(-c4c(F)cccc4F)cc(Nc4ccc(N5CCC(O)C(C)(C)C5)cn4)c3c2O)c(OC)c1. The van der Waals surface area contributed by atoms with E-state index in [1.807, 2.05) is 26.0 Å². The molecule has 5 aromatic rings. The maximum atomic E-state index is 14.9. The lowest BCUT2D eigenvalue weighted by molar-refractivity contribution is 0.0336. The van der Waals surface area contributed by atoms with Crippen LogP contribution in [0, 0.1) is 17.0 Å². The zero-order valence-corrected chi connectivity index (χ0v) is 25.5. The predicted octanol–water partition coefficient (Wildman–Crippen LogP) is 6.49. The molecule has 3 aromatic heterocycles. The number of aromatic nitrogens is 3. The van der Waals surface area contributed by atoms with Crippen LogP contribution in [0.2, 0.25) is 0 Å². The Morgan fingerprint density at radius 3 is 2.49 bits per heavy atom. The first-order valence-corrected chi connectivity index (χ1v) is 14.6. The molecular formula is C34H35F2N5O4. The summed E-state index contributed by atoms with van der Waals surface area (Å²) >= 11 is 0. The third kappa shape index (κ3) is 5.83. The van der Waals surface area contributed by atoms with Gasteiger partial charge in [0.15, 0.2) is 0 Å². The molecule has 1 saturated heterocycles. The van der Waals surface area contributed by atoms with Gasteiger partial charge in [-0.15, -0.1) is 0 Å². The first-order chi connectivity index (χ1) is 21.6. The predicted molar refractivity (Wildman–Crippen MR) is 170 cm³/mol. The number of anilines is 3. The van der Waals surface area contributed by atoms with E-state index in [-0.39, 0.29) is 35.2 Å². The second kappa shape index (κ2) is 11.9. The summed E-state index contributed by atoms with van der Waals surface area (Å²) in [5.41, 5.74) is 1.92. The number of aliphatic hydroxyl groups is 1. The number of rotatable bonds is 8. The molecule has 1 aliphatic rings. The molecule has 1 fully saturated rings. The fraction of sp³-hybridized carbons (Fsp3) is 0.294. The fourth-order valence-electron chi connectivity index (χ4n) is 5.85. The molecule has 0 radical (unpaired) electrons. The Labute approximate surface area is 259 Å². The molecule has 234 valence electrons. The molecular weight excluding hydrogens is 580 g/mol. The molecule has 0 amide bonds. The Hall–Kier alpha value is -4.90. The van der Waals surface area contributed by atoms with Crippen molar-refractivity contribution in [1.82, 2.24) is 14.5 Å². The van der Waals surface area contributed by atoms with Crippen LogP contribution in [-0.2, 0) is 6.54 Å². The number of benzene rings is 2. The van der Waals surface area contributed by atoms with Crippen molar-refractivity contribution in [1.29, 1.82) is 0 Å². The van der Waals surface area contributed by atoms with Gasteiger partial charge in [-0.2, -0.15) is 0 Å². The van der Waals surface area contributed by atoms with E-state index >= 15 is 0 Å². The molecule has 9 nitrogen and oxygen atoms in total. The number of methoxy groups -OCH3 is 2. The lowest BCUT2D eigenvalue weighted by atomic mass is 9.81. The van der Waals surface area contributed by atoms with Gasteiger partial charge in [0.05, 0.1) is 66.6 Å². The molecule has 0 spiro atoms. The third-order valence-corrected chi connectivity index (χ3v) is 8.42. The molecule has 2 aromatic carbocycles. The first kappa shape index (κ1) is 30.1. The number of fused-ring (bicyclic) bond motifs is 1. The van der Waals surface area contributed by atoms with Crippen LogP contribution in [0.15, 0.2) is 67.0 Å². The topological polar surface area (TPSA) is 105 Å². The average molecular weight is 616 g/mol. The van der Waals surface area contributed by atoms with Crippen LogP contribution in [0.25, 0.3) is 22.2 Å². The maximum Gasteiger partial charge on any atom is 0.203 e. The van der Waals surface area contributed by atoms with Crippen molar-refractivity contribution >= 4 is 28.1 Å². The summed E-state index contributed by atoms with van der Waals surface area (Å²) in [5, 5.41) is 25.4. The minimum atomic E-state index is -0.753. The van der Waals surface area contributed by atoms with Gasteiger partial charge in [-0.05, 0) is 48.9 Å². The summed E-state index contributed by atoms with van der Waals surface area (Å²) in [6, 6.07) is 14.3. The van der Waals surface area contributed by atoms with Gasteiger partial charge in [-0.1, -0.05) is 19.9 Å². The van der Waals surface area contributed by atoms with Gasteiger partial charge >= 0.3 is 0 Å². The monoisotopic (exact) mass is 615 g/mol. The highest BCUT2D eigenvalue weighted by Crippen LogP contribution is 2.39. The summed E-state index contributed by atoms with van der Waals surface area (Å²) in [4.78, 5) is 11.3. The number of aliphatic hydroxyl groups excluding tert-OH is 1. The Morgan fingerprint density at radius 2 is 1.82 bits per heavy atom. The molecule has 1 atom stereocenters. The molecule has 3 N–H and O–H groups in total. The molecule has 0 saturated carbocycles. The standard InChI is InChI=1S/C34H35F2N5O4/c1-34(2)19-40(13-12-29(34)42)21-9-11-30(37-16-21)39-26-15-25(31-23(35)6-5-7-24(31)36)38-27-18-41(33(43)32(26)27)17-20-8-10-22(44-3)14-28(20)45-4/h5-11,14-16,18,29,42-43H,12-13,17,19H2,1-4H3,(H,37,39). The number of ether oxygens (including phenoxy) is 2. The minimum absolute atomic E-state index is 0.0607. The van der Waals surface area contributed by atoms with Crippen molar-refractivity contribution in [3.63, 3.8) is 0 Å². The maximum absolute atomic E-state index is 14.9. The van der Waals surface area contributed by atoms with Crippen LogP contribution < -0.4 is 19.7 Å². The van der Waals surface area contributed by atoms with E-state index in [0.717, 1.165) is 11.3 Å². The van der Waals surface area contributed by atoms with Gasteiger partial charge in [0.25, 0.3) is 0 Å². The normalized spacial score (nSPS) is 16.2. The zero-order chi connectivity index (χ0) is 31.9. The second-order valence-corrected chi connectivity index (χ2v) is 11.9. The highest BCUT2D eigenvalue weighted by atomic mass is 19.1. The van der Waals surface area contributed by atoms with Crippen LogP contribution in [0.1, 0.15) is 25.8 Å². The number of hydrogen-bond acceptors (Lipinski definition) is 8. The molecule has 0 aliphatic carbocycles. The first-order valence-electron chi connectivity index (χ1n) is 14.6. The van der Waals surface area contributed by atoms with Gasteiger partial charge in [0, 0.05) is 36.3 Å². The van der Waals surface area contributed by atoms with Gasteiger partial charge in [0.1, 0.15) is 29.0 Å². The van der Waals surface area contributed by atoms with E-state index in [9.17, 15) is 19.0 Å². The largest absolute Gasteiger partial charge is 0.497 e. The van der Waals surface area contributed by atoms with E-state index in [1.165, 1.54) is 24.3 Å². The highest BCUT2D eigenvalue weighted by molar-refractivity contribution is 5.99. The Bertz CT molecular complexity index is 1840. The van der Waals surface area contributed by atoms with Gasteiger partial charge in [-0.25, -0.2) is 18.7 Å². The van der Waals surface area contributed by atoms with Crippen LogP contribution >= 0.6 is 0 Å². The Balaban J connectivity index is 1.40. The zero-order valence-electron chi connectivity index (χ0n) is 25.5. The second-order valence-electron chi connectivity index (χ2n) is 11.9. The summed E-state index contributed by atoms with van der Waals surface area (Å²) in [6.45, 7) is 5.71. The number of nitrogens with zero attached hydrogens (tertiary/aromatic N) is 4. The van der Waals surface area contributed by atoms with E-state index in [2.05, 4.69) is 20.2 Å². The van der Waals surface area contributed by atoms with Gasteiger partial charge in [0.2, 0.25) is 5.88 Å². The van der Waals surface area contributed by atoms with E-state index < -0.39 is 11.6 Å². The quantitative estimate of drug-likeness (QED) is 0.182. The molecule has 1 aliphatic heterocycles. The Morgan fingerprint density at radius 1 is 1.04 bits per heavy atom. The van der Waals surface area contributed by atoms with Crippen molar-refractivity contribution in [3.8, 4) is 28.6 Å². The number of hydrogen-bond donors (Lipinski definition) is 3. The van der Waals surface area contributed by atoms with Gasteiger partial charge in [-0.3, -0.25) is 0 Å². The van der Waals surface area contributed by atoms with E-state index in [1.54, 1.807) is 49.4 Å². The Kier molecular flexibility index (Phi) is 7.96. The van der Waals surface area contributed by atoms with E-state index in [4.69, 9.17) is 9.47 Å². The number of pyridine rings is 2. The van der Waals surface area contributed by atoms with Crippen molar-refractivity contribution < 1.29 is 28.5 Å². The summed E-state index contributed by atoms with van der Waals surface area (Å²) in [6.07, 6.45) is 3.67. The summed E-state index contributed by atoms with van der Waals surface area (Å²) < 4.78 is 42.2. The van der Waals surface area contributed by atoms with Crippen molar-refractivity contribution in [3.05, 3.63) is 84.2 Å². The highest BCUT2D eigenvalue weighted by Gasteiger charge is 2.34. The third-order valence-electron chi connectivity index (χ3n) is 8.42. The average Bonchev–Trinajstić information content (AvgIpc) is 3.33. The van der Waals surface area contributed by atoms with E-state index in [0.29, 0.717) is 53.4 Å². The molecule has 1 unspecified atom stereocenters. The van der Waals surface area contributed by atoms with Gasteiger partial charge < -0.3 is 34.5 Å². The smallest absolute Gasteiger partial charge is 0.203 e. The molecule has 0 bridgehead atoms. The number of nitrogens with one attached hydrogen (secondary N) is 1. The molecule has 4 heterocycles. The fourth-order valence-corrected chi connectivity index (χ4v) is 5.85. The number of piperidine rings is 1. The lowest BCUT2D eigenvalue weighted by Gasteiger charge is -2.42. The van der Waals surface area contributed by atoms with Crippen LogP contribution in [0.4, 0.5) is 26.0 Å². The number of halogens is 2. The van der Waals surface area contributed by atoms with Crippen LogP contribution in [0.3, 0.4) is 0 Å². The molecule has 11 heteroatoms. The summed E-state index contributed by atoms with van der Waals surface area (Å²) in [7, 11) is 3.12. The summed E-state index contributed by atoms with van der Waals surface area (Å²) in [5.74, 6) is 0.0636. The van der Waals surface area contributed by atoms with Crippen LogP contribution in [-0.4, -0.2) is 58.2 Å². The van der Waals surface area contributed by atoms with Crippen molar-refractivity contribution in [2.45, 2.75) is 32.9 Å². The molecule has 45 heavy (non-hydrogen) atoms. The number of aromatic hydroxyl groups is 1. The molecule has 6 rings (SSSR count). The van der Waals surface area contributed by atoms with Crippen molar-refractivity contribution in [2.24, 2.45) is 5.41 Å². The van der Waals surface area contributed by atoms with Crippen LogP contribution in [0.5, 0.6) is 17.4 Å². The lowest BCUT2D eigenvalue weighted by Crippen LogP contribution is -2.48. The van der Waals surface area contributed by atoms with Crippen molar-refractivity contribution in [2.75, 3.05) is 37.5 Å². The minimum Gasteiger partial charge on any atom is -0.497 e.